The van der Waals surface area contributed by atoms with Crippen LogP contribution in [0.15, 0.2) is 68.0 Å². The summed E-state index contributed by atoms with van der Waals surface area (Å²) in [4.78, 5) is 35.0. The van der Waals surface area contributed by atoms with Gasteiger partial charge in [0.1, 0.15) is 17.5 Å². The van der Waals surface area contributed by atoms with Gasteiger partial charge in [0.2, 0.25) is 0 Å². The summed E-state index contributed by atoms with van der Waals surface area (Å²) in [5, 5.41) is 9.27. The van der Waals surface area contributed by atoms with E-state index in [-0.39, 0.29) is 19.0 Å². The van der Waals surface area contributed by atoms with Gasteiger partial charge in [-0.15, -0.1) is 12.4 Å². The van der Waals surface area contributed by atoms with Crippen LogP contribution in [0.4, 0.5) is 4.79 Å². The van der Waals surface area contributed by atoms with E-state index in [4.69, 9.17) is 11.5 Å². The highest BCUT2D eigenvalue weighted by Gasteiger charge is 2.27. The summed E-state index contributed by atoms with van der Waals surface area (Å²) in [6.07, 6.45) is -0.950. The van der Waals surface area contributed by atoms with Crippen molar-refractivity contribution in [2.24, 2.45) is 11.5 Å². The van der Waals surface area contributed by atoms with Crippen molar-refractivity contribution in [1.29, 1.82) is 0 Å². The molecule has 0 aliphatic heterocycles. The van der Waals surface area contributed by atoms with E-state index in [0.717, 1.165) is 58.2 Å². The number of amides is 1. The third-order valence-electron chi connectivity index (χ3n) is 6.21. The van der Waals surface area contributed by atoms with E-state index in [2.05, 4.69) is 77.7 Å². The van der Waals surface area contributed by atoms with E-state index in [9.17, 15) is 9.90 Å². The molecule has 0 saturated heterocycles. The first-order valence-electron chi connectivity index (χ1n) is 13.2. The summed E-state index contributed by atoms with van der Waals surface area (Å²) in [5.41, 5.74) is 16.1. The normalized spacial score (nSPS) is 11.0. The van der Waals surface area contributed by atoms with Gasteiger partial charge in [-0.25, -0.2) is 19.7 Å². The Kier molecular flexibility index (Phi) is 12.4. The quantitative estimate of drug-likeness (QED) is 0.106. The minimum Gasteiger partial charge on any atom is -0.465 e. The van der Waals surface area contributed by atoms with Crippen LogP contribution >= 0.6 is 60.2 Å². The summed E-state index contributed by atoms with van der Waals surface area (Å²) in [6, 6.07) is 17.5. The van der Waals surface area contributed by atoms with Gasteiger partial charge in [-0.2, -0.15) is 0 Å². The second-order valence-corrected chi connectivity index (χ2v) is 13.2. The van der Waals surface area contributed by atoms with Gasteiger partial charge in [-0.05, 0) is 75.4 Å². The summed E-state index contributed by atoms with van der Waals surface area (Å²) in [7, 11) is 0. The van der Waals surface area contributed by atoms with Crippen LogP contribution < -0.4 is 11.5 Å². The number of carbonyl (C=O) groups is 1. The number of nitrogens with one attached hydrogen (secondary N) is 3. The van der Waals surface area contributed by atoms with Crippen LogP contribution in [0.2, 0.25) is 0 Å². The number of fused-ring (bicyclic) bond motifs is 3. The Bertz CT molecular complexity index is 1780. The third kappa shape index (κ3) is 9.25. The molecule has 15 heteroatoms. The zero-order chi connectivity index (χ0) is 31.3. The van der Waals surface area contributed by atoms with Crippen molar-refractivity contribution in [3.05, 3.63) is 85.5 Å². The Labute approximate surface area is 285 Å². The molecule has 8 N–H and O–H groups in total. The lowest BCUT2D eigenvalue weighted by molar-refractivity contribution is 0.0940. The highest BCUT2D eigenvalue weighted by Crippen LogP contribution is 2.21. The number of rotatable bonds is 4. The first-order chi connectivity index (χ1) is 20.4. The second kappa shape index (κ2) is 15.3. The Hall–Kier alpha value is -3.01. The Morgan fingerprint density at radius 1 is 0.727 bits per heavy atom. The van der Waals surface area contributed by atoms with Crippen molar-refractivity contribution < 1.29 is 9.90 Å². The van der Waals surface area contributed by atoms with Gasteiger partial charge in [-0.3, -0.25) is 4.90 Å². The number of carboxylic acid groups (broad SMARTS) is 1. The lowest BCUT2D eigenvalue weighted by Gasteiger charge is -2.32. The lowest BCUT2D eigenvalue weighted by atomic mass is 10.1. The number of hydrogen-bond donors (Lipinski definition) is 6. The van der Waals surface area contributed by atoms with Crippen molar-refractivity contribution in [3.63, 3.8) is 0 Å². The Morgan fingerprint density at radius 2 is 1.07 bits per heavy atom. The van der Waals surface area contributed by atoms with Crippen molar-refractivity contribution >= 4 is 99.4 Å². The van der Waals surface area contributed by atoms with Crippen LogP contribution in [0, 0.1) is 0 Å². The standard InChI is InChI=1S/C13H16BrN3O2.2C8H8BrN3.ClH/c1-13(2,3)17(12(18)19)7-11-15-9-5-4-8(14)6-10(9)16-11;2*9-5-1-2-6-7(3-5)12-8(4-10)11-6;/h4-6H,7H2,1-3H3,(H,15,16)(H,18,19);2*1-3H,4,10H2,(H,11,12);1H. The van der Waals surface area contributed by atoms with Crippen molar-refractivity contribution in [2.75, 3.05) is 0 Å². The number of nitrogens with two attached hydrogens (primary N) is 2. The maximum absolute atomic E-state index is 11.3. The van der Waals surface area contributed by atoms with Crippen LogP contribution in [0.1, 0.15) is 38.2 Å². The average Bonchev–Trinajstić information content (AvgIpc) is 3.66. The van der Waals surface area contributed by atoms with Crippen LogP contribution in [-0.2, 0) is 19.6 Å². The molecular formula is C29H33Br3ClN9O2. The molecule has 0 atom stereocenters. The van der Waals surface area contributed by atoms with Crippen molar-refractivity contribution in [3.8, 4) is 0 Å². The Balaban J connectivity index is 0.000000185. The van der Waals surface area contributed by atoms with Gasteiger partial charge in [0.25, 0.3) is 0 Å². The number of halogens is 4. The van der Waals surface area contributed by atoms with E-state index in [0.29, 0.717) is 18.9 Å². The van der Waals surface area contributed by atoms with Gasteiger partial charge in [0.15, 0.2) is 0 Å². The number of hydrogen-bond acceptors (Lipinski definition) is 6. The molecule has 11 nitrogen and oxygen atoms in total. The summed E-state index contributed by atoms with van der Waals surface area (Å²) >= 11 is 10.2. The number of aromatic nitrogens is 6. The molecule has 44 heavy (non-hydrogen) atoms. The minimum atomic E-state index is -0.950. The molecule has 0 aliphatic rings. The maximum Gasteiger partial charge on any atom is 0.408 e. The molecule has 0 saturated carbocycles. The average molecular weight is 815 g/mol. The first kappa shape index (κ1) is 35.5. The van der Waals surface area contributed by atoms with Gasteiger partial charge in [-0.1, -0.05) is 47.8 Å². The number of imidazole rings is 3. The molecule has 0 unspecified atom stereocenters. The fraction of sp³-hybridized carbons (Fsp3) is 0.241. The number of aromatic amines is 3. The van der Waals surface area contributed by atoms with E-state index in [1.165, 1.54) is 4.90 Å². The van der Waals surface area contributed by atoms with Crippen LogP contribution in [0.3, 0.4) is 0 Å². The van der Waals surface area contributed by atoms with Crippen LogP contribution in [0.25, 0.3) is 33.1 Å². The van der Waals surface area contributed by atoms with Crippen LogP contribution in [-0.4, -0.2) is 51.5 Å². The fourth-order valence-electron chi connectivity index (χ4n) is 4.11. The van der Waals surface area contributed by atoms with Gasteiger partial charge >= 0.3 is 6.09 Å². The molecule has 6 aromatic rings. The third-order valence-corrected chi connectivity index (χ3v) is 7.69. The molecule has 0 fully saturated rings. The predicted octanol–water partition coefficient (Wildman–Crippen LogP) is 7.59. The fourth-order valence-corrected chi connectivity index (χ4v) is 5.20. The van der Waals surface area contributed by atoms with Crippen molar-refractivity contribution in [2.45, 2.75) is 45.9 Å². The SMILES string of the molecule is CC(C)(C)N(Cc1nc2ccc(Br)cc2[nH]1)C(=O)O.Cl.NCc1nc2ccc(Br)cc2[nH]1.NCc1nc2ccc(Br)cc2[nH]1. The predicted molar refractivity (Wildman–Crippen MR) is 188 cm³/mol. The Morgan fingerprint density at radius 3 is 1.39 bits per heavy atom. The van der Waals surface area contributed by atoms with Crippen molar-refractivity contribution in [1.82, 2.24) is 34.8 Å². The molecule has 0 radical (unpaired) electrons. The number of nitrogens with zero attached hydrogens (tertiary/aromatic N) is 4. The zero-order valence-electron chi connectivity index (χ0n) is 24.2. The number of benzene rings is 3. The molecular weight excluding hydrogens is 782 g/mol. The van der Waals surface area contributed by atoms with E-state index >= 15 is 0 Å². The van der Waals surface area contributed by atoms with E-state index in [1.807, 2.05) is 75.4 Å². The molecule has 0 aliphatic carbocycles. The van der Waals surface area contributed by atoms with E-state index < -0.39 is 11.6 Å². The number of H-pyrrole nitrogens is 3. The zero-order valence-corrected chi connectivity index (χ0v) is 29.7. The largest absolute Gasteiger partial charge is 0.465 e. The molecule has 234 valence electrons. The maximum atomic E-state index is 11.3. The van der Waals surface area contributed by atoms with Gasteiger partial charge in [0, 0.05) is 19.0 Å². The smallest absolute Gasteiger partial charge is 0.408 e. The molecule has 0 spiro atoms. The van der Waals surface area contributed by atoms with E-state index in [1.54, 1.807) is 0 Å². The first-order valence-corrected chi connectivity index (χ1v) is 15.6. The summed E-state index contributed by atoms with van der Waals surface area (Å²) in [6.45, 7) is 6.73. The highest BCUT2D eigenvalue weighted by atomic mass is 79.9. The van der Waals surface area contributed by atoms with Crippen LogP contribution in [0.5, 0.6) is 0 Å². The monoisotopic (exact) mass is 811 g/mol. The lowest BCUT2D eigenvalue weighted by Crippen LogP contribution is -2.44. The molecule has 3 heterocycles. The summed E-state index contributed by atoms with van der Waals surface area (Å²) < 4.78 is 3.05. The molecule has 1 amide bonds. The molecule has 3 aromatic carbocycles. The summed E-state index contributed by atoms with van der Waals surface area (Å²) in [5.74, 6) is 2.29. The molecule has 6 rings (SSSR count). The van der Waals surface area contributed by atoms with Gasteiger partial charge in [0.05, 0.1) is 52.7 Å². The van der Waals surface area contributed by atoms with Gasteiger partial charge < -0.3 is 31.5 Å². The second-order valence-electron chi connectivity index (χ2n) is 10.5. The topological polar surface area (TPSA) is 179 Å². The minimum absolute atomic E-state index is 0. The molecule has 3 aromatic heterocycles. The molecule has 0 bridgehead atoms. The highest BCUT2D eigenvalue weighted by molar-refractivity contribution is 9.11.